The monoisotopic (exact) mass is 300 g/mol. The zero-order valence-electron chi connectivity index (χ0n) is 11.5. The molecule has 1 aliphatic rings. The van der Waals surface area contributed by atoms with Crippen molar-refractivity contribution in [3.63, 3.8) is 0 Å². The lowest BCUT2D eigenvalue weighted by atomic mass is 10.3. The quantitative estimate of drug-likeness (QED) is 0.757. The molecule has 1 aromatic heterocycles. The number of rotatable bonds is 4. The van der Waals surface area contributed by atoms with E-state index in [0.717, 1.165) is 37.6 Å². The number of nitrogens with zero attached hydrogens (tertiary/aromatic N) is 3. The second kappa shape index (κ2) is 6.87. The first-order valence-corrected chi connectivity index (χ1v) is 7.36. The van der Waals surface area contributed by atoms with E-state index < -0.39 is 5.97 Å². The Balaban J connectivity index is 2.14. The Morgan fingerprint density at radius 3 is 2.95 bits per heavy atom. The SMILES string of the molecule is COC(=O)c1c(N)nsc1N1CCCN(CCO)CC1. The predicted molar refractivity (Wildman–Crippen MR) is 78.2 cm³/mol. The number of anilines is 2. The number of nitrogen functional groups attached to an aromatic ring is 1. The second-order valence-electron chi connectivity index (χ2n) is 4.65. The van der Waals surface area contributed by atoms with Crippen molar-refractivity contribution >= 4 is 28.3 Å². The Kier molecular flexibility index (Phi) is 5.16. The maximum atomic E-state index is 11.8. The minimum Gasteiger partial charge on any atom is -0.465 e. The number of esters is 1. The van der Waals surface area contributed by atoms with E-state index in [0.29, 0.717) is 12.1 Å². The third kappa shape index (κ3) is 3.20. The van der Waals surface area contributed by atoms with Gasteiger partial charge in [0.1, 0.15) is 10.6 Å². The molecule has 0 bridgehead atoms. The molecule has 0 saturated carbocycles. The molecule has 2 heterocycles. The summed E-state index contributed by atoms with van der Waals surface area (Å²) < 4.78 is 8.85. The van der Waals surface area contributed by atoms with Crippen LogP contribution in [0.5, 0.6) is 0 Å². The van der Waals surface area contributed by atoms with Crippen LogP contribution in [0.3, 0.4) is 0 Å². The van der Waals surface area contributed by atoms with Crippen LogP contribution in [-0.2, 0) is 4.74 Å². The first kappa shape index (κ1) is 15.0. The Hall–Kier alpha value is -1.38. The molecule has 112 valence electrons. The molecule has 2 rings (SSSR count). The van der Waals surface area contributed by atoms with Crippen LogP contribution in [0.15, 0.2) is 0 Å². The van der Waals surface area contributed by atoms with Gasteiger partial charge >= 0.3 is 5.97 Å². The fourth-order valence-electron chi connectivity index (χ4n) is 2.34. The van der Waals surface area contributed by atoms with Gasteiger partial charge in [0.2, 0.25) is 0 Å². The zero-order chi connectivity index (χ0) is 14.5. The van der Waals surface area contributed by atoms with Gasteiger partial charge in [0.05, 0.1) is 13.7 Å². The highest BCUT2D eigenvalue weighted by atomic mass is 32.1. The van der Waals surface area contributed by atoms with Crippen LogP contribution in [0.1, 0.15) is 16.8 Å². The third-order valence-electron chi connectivity index (χ3n) is 3.38. The van der Waals surface area contributed by atoms with Crippen LogP contribution in [0.4, 0.5) is 10.8 Å². The molecule has 8 heteroatoms. The van der Waals surface area contributed by atoms with Crippen molar-refractivity contribution in [2.75, 3.05) is 57.1 Å². The number of aliphatic hydroxyl groups is 1. The number of carbonyl (C=O) groups is 1. The number of nitrogens with two attached hydrogens (primary N) is 1. The number of aromatic nitrogens is 1. The Bertz CT molecular complexity index is 466. The van der Waals surface area contributed by atoms with Gasteiger partial charge in [-0.15, -0.1) is 0 Å². The fourth-order valence-corrected chi connectivity index (χ4v) is 3.20. The summed E-state index contributed by atoms with van der Waals surface area (Å²) in [5.41, 5.74) is 6.14. The van der Waals surface area contributed by atoms with E-state index in [1.807, 2.05) is 0 Å². The lowest BCUT2D eigenvalue weighted by molar-refractivity contribution is 0.0603. The van der Waals surface area contributed by atoms with Gasteiger partial charge in [-0.1, -0.05) is 0 Å². The normalized spacial score (nSPS) is 17.0. The summed E-state index contributed by atoms with van der Waals surface area (Å²) in [5.74, 6) is -0.212. The highest BCUT2D eigenvalue weighted by Crippen LogP contribution is 2.31. The largest absolute Gasteiger partial charge is 0.465 e. The molecule has 0 atom stereocenters. The van der Waals surface area contributed by atoms with Crippen LogP contribution in [0.25, 0.3) is 0 Å². The van der Waals surface area contributed by atoms with E-state index in [-0.39, 0.29) is 12.4 Å². The minimum absolute atomic E-state index is 0.168. The van der Waals surface area contributed by atoms with Crippen molar-refractivity contribution < 1.29 is 14.6 Å². The standard InChI is InChI=1S/C12H20N4O3S/c1-19-12(18)9-10(13)14-20-11(9)16-4-2-3-15(5-6-16)7-8-17/h17H,2-8H2,1H3,(H2,13,14). The Morgan fingerprint density at radius 1 is 1.45 bits per heavy atom. The lowest BCUT2D eigenvalue weighted by Gasteiger charge is -2.22. The topological polar surface area (TPSA) is 91.9 Å². The van der Waals surface area contributed by atoms with Crippen molar-refractivity contribution in [2.45, 2.75) is 6.42 Å². The van der Waals surface area contributed by atoms with Gasteiger partial charge in [-0.05, 0) is 24.5 Å². The second-order valence-corrected chi connectivity index (χ2v) is 5.40. The molecule has 0 aromatic carbocycles. The van der Waals surface area contributed by atoms with Crippen molar-refractivity contribution in [3.8, 4) is 0 Å². The molecule has 7 nitrogen and oxygen atoms in total. The van der Waals surface area contributed by atoms with Crippen molar-refractivity contribution in [2.24, 2.45) is 0 Å². The molecule has 0 amide bonds. The fraction of sp³-hybridized carbons (Fsp3) is 0.667. The van der Waals surface area contributed by atoms with Crippen LogP contribution < -0.4 is 10.6 Å². The van der Waals surface area contributed by atoms with Gasteiger partial charge in [-0.3, -0.25) is 4.90 Å². The molecule has 0 radical (unpaired) electrons. The molecule has 3 N–H and O–H groups in total. The summed E-state index contributed by atoms with van der Waals surface area (Å²) >= 11 is 1.23. The van der Waals surface area contributed by atoms with Crippen molar-refractivity contribution in [1.29, 1.82) is 0 Å². The average molecular weight is 300 g/mol. The summed E-state index contributed by atoms with van der Waals surface area (Å²) in [4.78, 5) is 16.1. The highest BCUT2D eigenvalue weighted by Gasteiger charge is 2.25. The molecule has 0 aliphatic carbocycles. The number of hydrogen-bond acceptors (Lipinski definition) is 8. The van der Waals surface area contributed by atoms with Crippen LogP contribution >= 0.6 is 11.5 Å². The summed E-state index contributed by atoms with van der Waals surface area (Å²) in [7, 11) is 1.34. The van der Waals surface area contributed by atoms with Gasteiger partial charge in [0.15, 0.2) is 5.82 Å². The van der Waals surface area contributed by atoms with Gasteiger partial charge < -0.3 is 20.5 Å². The third-order valence-corrected chi connectivity index (χ3v) is 4.31. The van der Waals surface area contributed by atoms with Crippen molar-refractivity contribution in [1.82, 2.24) is 9.27 Å². The molecule has 1 saturated heterocycles. The van der Waals surface area contributed by atoms with E-state index in [1.165, 1.54) is 18.6 Å². The number of β-amino-alcohol motifs (C(OH)–C–C–N with tert-alkyl or cyclic N) is 1. The molecular weight excluding hydrogens is 280 g/mol. The summed E-state index contributed by atoms with van der Waals surface area (Å²) in [6.45, 7) is 4.26. The summed E-state index contributed by atoms with van der Waals surface area (Å²) in [5, 5.41) is 9.78. The smallest absolute Gasteiger partial charge is 0.344 e. The molecule has 1 aromatic rings. The van der Waals surface area contributed by atoms with E-state index in [2.05, 4.69) is 14.2 Å². The number of aliphatic hydroxyl groups excluding tert-OH is 1. The van der Waals surface area contributed by atoms with Crippen molar-refractivity contribution in [3.05, 3.63) is 5.56 Å². The van der Waals surface area contributed by atoms with E-state index >= 15 is 0 Å². The number of hydrogen-bond donors (Lipinski definition) is 2. The average Bonchev–Trinajstić information content (AvgIpc) is 2.68. The van der Waals surface area contributed by atoms with Gasteiger partial charge in [0, 0.05) is 26.2 Å². The van der Waals surface area contributed by atoms with Crippen LogP contribution in [-0.4, -0.2) is 66.8 Å². The van der Waals surface area contributed by atoms with E-state index in [9.17, 15) is 4.79 Å². The van der Waals surface area contributed by atoms with Crippen LogP contribution in [0.2, 0.25) is 0 Å². The Morgan fingerprint density at radius 2 is 2.25 bits per heavy atom. The predicted octanol–water partition coefficient (Wildman–Crippen LogP) is 0.0163. The minimum atomic E-state index is -0.442. The summed E-state index contributed by atoms with van der Waals surface area (Å²) in [6, 6.07) is 0. The Labute approximate surface area is 122 Å². The molecule has 0 spiro atoms. The molecule has 1 fully saturated rings. The van der Waals surface area contributed by atoms with E-state index in [1.54, 1.807) is 0 Å². The summed E-state index contributed by atoms with van der Waals surface area (Å²) in [6.07, 6.45) is 0.971. The number of ether oxygens (including phenoxy) is 1. The van der Waals surface area contributed by atoms with Gasteiger partial charge in [-0.2, -0.15) is 4.37 Å². The first-order chi connectivity index (χ1) is 9.67. The molecule has 0 unspecified atom stereocenters. The zero-order valence-corrected chi connectivity index (χ0v) is 12.4. The number of carbonyl (C=O) groups excluding carboxylic acids is 1. The highest BCUT2D eigenvalue weighted by molar-refractivity contribution is 7.11. The first-order valence-electron chi connectivity index (χ1n) is 6.59. The molecule has 20 heavy (non-hydrogen) atoms. The maximum Gasteiger partial charge on any atom is 0.344 e. The molecule has 1 aliphatic heterocycles. The van der Waals surface area contributed by atoms with Gasteiger partial charge in [0.25, 0.3) is 0 Å². The molecular formula is C12H20N4O3S. The maximum absolute atomic E-state index is 11.8. The van der Waals surface area contributed by atoms with Crippen LogP contribution in [0, 0.1) is 0 Å². The number of methoxy groups -OCH3 is 1. The van der Waals surface area contributed by atoms with Gasteiger partial charge in [-0.25, -0.2) is 4.79 Å². The van der Waals surface area contributed by atoms with E-state index in [4.69, 9.17) is 15.6 Å². The lowest BCUT2D eigenvalue weighted by Crippen LogP contribution is -2.32.